The van der Waals surface area contributed by atoms with Gasteiger partial charge in [0.05, 0.1) is 5.60 Å². The Balaban J connectivity index is 1.70. The molecule has 1 heterocycles. The van der Waals surface area contributed by atoms with Crippen LogP contribution in [0.2, 0.25) is 0 Å². The number of nitrogens with one attached hydrogen (secondary N) is 1. The number of carbonyl (C=O) groups excluding carboxylic acids is 1. The molecule has 0 spiro atoms. The summed E-state index contributed by atoms with van der Waals surface area (Å²) in [5.41, 5.74) is 6.97. The van der Waals surface area contributed by atoms with Gasteiger partial charge in [-0.1, -0.05) is 30.3 Å². The van der Waals surface area contributed by atoms with Gasteiger partial charge >= 0.3 is 0 Å². The van der Waals surface area contributed by atoms with Gasteiger partial charge in [0.15, 0.2) is 0 Å². The highest BCUT2D eigenvalue weighted by molar-refractivity contribution is 5.76. The van der Waals surface area contributed by atoms with Crippen LogP contribution >= 0.6 is 0 Å². The quantitative estimate of drug-likeness (QED) is 0.836. The van der Waals surface area contributed by atoms with Crippen LogP contribution in [0.3, 0.4) is 0 Å². The van der Waals surface area contributed by atoms with Crippen LogP contribution in [0, 0.1) is 0 Å². The number of amides is 1. The molecule has 0 saturated carbocycles. The van der Waals surface area contributed by atoms with Gasteiger partial charge in [0.1, 0.15) is 0 Å². The minimum atomic E-state index is -0.183. The molecule has 2 unspecified atom stereocenters. The summed E-state index contributed by atoms with van der Waals surface area (Å²) in [4.78, 5) is 11.9. The summed E-state index contributed by atoms with van der Waals surface area (Å²) in [5.74, 6) is 0.0492. The fourth-order valence-corrected chi connectivity index (χ4v) is 2.50. The first-order valence-corrected chi connectivity index (χ1v) is 7.30. The first kappa shape index (κ1) is 15.0. The van der Waals surface area contributed by atoms with E-state index in [4.69, 9.17) is 10.5 Å². The summed E-state index contributed by atoms with van der Waals surface area (Å²) in [6.07, 6.45) is 3.20. The molecule has 0 aromatic heterocycles. The summed E-state index contributed by atoms with van der Waals surface area (Å²) in [5, 5.41) is 2.95. The average molecular weight is 276 g/mol. The van der Waals surface area contributed by atoms with Crippen molar-refractivity contribution in [2.75, 3.05) is 13.2 Å². The van der Waals surface area contributed by atoms with E-state index in [0.717, 1.165) is 25.0 Å². The third kappa shape index (κ3) is 4.32. The normalized spacial score (nSPS) is 23.5. The van der Waals surface area contributed by atoms with E-state index in [2.05, 4.69) is 12.2 Å². The minimum Gasteiger partial charge on any atom is -0.373 e. The highest BCUT2D eigenvalue weighted by atomic mass is 16.5. The van der Waals surface area contributed by atoms with Gasteiger partial charge in [0.2, 0.25) is 5.91 Å². The first-order valence-electron chi connectivity index (χ1n) is 7.30. The van der Waals surface area contributed by atoms with Crippen molar-refractivity contribution in [3.63, 3.8) is 0 Å². The Hall–Kier alpha value is -1.39. The number of hydrogen-bond acceptors (Lipinski definition) is 3. The lowest BCUT2D eigenvalue weighted by Gasteiger charge is -2.23. The van der Waals surface area contributed by atoms with Crippen LogP contribution in [0.1, 0.15) is 44.2 Å². The smallest absolute Gasteiger partial charge is 0.220 e. The standard InChI is InChI=1S/C16H24N2O2/c1-16(10-5-11-20-16)12-18-15(19)9-8-14(17)13-6-3-2-4-7-13/h2-4,6-7,14H,5,8-12,17H2,1H3,(H,18,19). The molecule has 2 rings (SSSR count). The Morgan fingerprint density at radius 2 is 2.20 bits per heavy atom. The predicted molar refractivity (Wildman–Crippen MR) is 79.2 cm³/mol. The van der Waals surface area contributed by atoms with Crippen LogP contribution in [0.4, 0.5) is 0 Å². The fraction of sp³-hybridized carbons (Fsp3) is 0.562. The molecule has 1 aliphatic rings. The van der Waals surface area contributed by atoms with Crippen molar-refractivity contribution in [3.05, 3.63) is 35.9 Å². The van der Waals surface area contributed by atoms with Gasteiger partial charge in [0.25, 0.3) is 0 Å². The summed E-state index contributed by atoms with van der Waals surface area (Å²) in [6.45, 7) is 3.44. The highest BCUT2D eigenvalue weighted by Crippen LogP contribution is 2.24. The Labute approximate surface area is 120 Å². The Bertz CT molecular complexity index is 427. The summed E-state index contributed by atoms with van der Waals surface area (Å²) in [6, 6.07) is 9.80. The molecule has 0 radical (unpaired) electrons. The largest absolute Gasteiger partial charge is 0.373 e. The molecule has 0 aliphatic carbocycles. The van der Waals surface area contributed by atoms with Crippen molar-refractivity contribution in [1.29, 1.82) is 0 Å². The van der Waals surface area contributed by atoms with E-state index in [1.807, 2.05) is 30.3 Å². The lowest BCUT2D eigenvalue weighted by Crippen LogP contribution is -2.40. The zero-order valence-electron chi connectivity index (χ0n) is 12.1. The van der Waals surface area contributed by atoms with Crippen molar-refractivity contribution in [1.82, 2.24) is 5.32 Å². The number of benzene rings is 1. The van der Waals surface area contributed by atoms with Crippen molar-refractivity contribution in [3.8, 4) is 0 Å². The first-order chi connectivity index (χ1) is 9.59. The van der Waals surface area contributed by atoms with Crippen molar-refractivity contribution in [2.24, 2.45) is 5.73 Å². The van der Waals surface area contributed by atoms with Crippen molar-refractivity contribution in [2.45, 2.75) is 44.2 Å². The van der Waals surface area contributed by atoms with E-state index in [9.17, 15) is 4.79 Å². The van der Waals surface area contributed by atoms with E-state index in [1.54, 1.807) is 0 Å². The molecule has 1 aliphatic heterocycles. The van der Waals surface area contributed by atoms with Gasteiger partial charge < -0.3 is 15.8 Å². The fourth-order valence-electron chi connectivity index (χ4n) is 2.50. The van der Waals surface area contributed by atoms with Gasteiger partial charge in [0, 0.05) is 25.6 Å². The van der Waals surface area contributed by atoms with E-state index in [0.29, 0.717) is 19.4 Å². The molecular weight excluding hydrogens is 252 g/mol. The van der Waals surface area contributed by atoms with E-state index >= 15 is 0 Å². The minimum absolute atomic E-state index is 0.0492. The second-order valence-corrected chi connectivity index (χ2v) is 5.73. The lowest BCUT2D eigenvalue weighted by atomic mass is 10.0. The summed E-state index contributed by atoms with van der Waals surface area (Å²) in [7, 11) is 0. The molecule has 1 saturated heterocycles. The highest BCUT2D eigenvalue weighted by Gasteiger charge is 2.29. The molecule has 2 atom stereocenters. The van der Waals surface area contributed by atoms with Gasteiger partial charge in [-0.2, -0.15) is 0 Å². The third-order valence-corrected chi connectivity index (χ3v) is 3.87. The Morgan fingerprint density at radius 1 is 1.45 bits per heavy atom. The number of rotatable bonds is 6. The van der Waals surface area contributed by atoms with Crippen LogP contribution in [-0.4, -0.2) is 24.7 Å². The molecule has 1 aromatic rings. The second-order valence-electron chi connectivity index (χ2n) is 5.73. The maximum absolute atomic E-state index is 11.9. The van der Waals surface area contributed by atoms with Crippen LogP contribution in [0.25, 0.3) is 0 Å². The number of carbonyl (C=O) groups is 1. The molecule has 3 N–H and O–H groups in total. The second kappa shape index (κ2) is 6.86. The maximum Gasteiger partial charge on any atom is 0.220 e. The molecule has 4 nitrogen and oxygen atoms in total. The Kier molecular flexibility index (Phi) is 5.15. The van der Waals surface area contributed by atoms with Gasteiger partial charge in [-0.25, -0.2) is 0 Å². The predicted octanol–water partition coefficient (Wildman–Crippen LogP) is 2.15. The zero-order chi connectivity index (χ0) is 14.4. The number of nitrogens with two attached hydrogens (primary N) is 1. The van der Waals surface area contributed by atoms with Gasteiger partial charge in [-0.05, 0) is 31.7 Å². The average Bonchev–Trinajstić information content (AvgIpc) is 2.91. The Morgan fingerprint density at radius 3 is 2.85 bits per heavy atom. The van der Waals surface area contributed by atoms with Gasteiger partial charge in [-0.3, -0.25) is 4.79 Å². The zero-order valence-corrected chi connectivity index (χ0v) is 12.1. The topological polar surface area (TPSA) is 64.4 Å². The maximum atomic E-state index is 11.9. The molecule has 20 heavy (non-hydrogen) atoms. The SMILES string of the molecule is CC1(CNC(=O)CCC(N)c2ccccc2)CCCO1. The molecule has 4 heteroatoms. The number of hydrogen-bond donors (Lipinski definition) is 2. The summed E-state index contributed by atoms with van der Waals surface area (Å²) < 4.78 is 5.65. The monoisotopic (exact) mass is 276 g/mol. The molecule has 1 fully saturated rings. The van der Waals surface area contributed by atoms with Crippen LogP contribution in [0.15, 0.2) is 30.3 Å². The van der Waals surface area contributed by atoms with Crippen LogP contribution in [0.5, 0.6) is 0 Å². The van der Waals surface area contributed by atoms with E-state index < -0.39 is 0 Å². The lowest BCUT2D eigenvalue weighted by molar-refractivity contribution is -0.122. The van der Waals surface area contributed by atoms with Crippen molar-refractivity contribution >= 4 is 5.91 Å². The van der Waals surface area contributed by atoms with Crippen molar-refractivity contribution < 1.29 is 9.53 Å². The molecule has 1 amide bonds. The van der Waals surface area contributed by atoms with Crippen LogP contribution in [-0.2, 0) is 9.53 Å². The van der Waals surface area contributed by atoms with Crippen LogP contribution < -0.4 is 11.1 Å². The van der Waals surface area contributed by atoms with E-state index in [1.165, 1.54) is 0 Å². The molecular formula is C16H24N2O2. The van der Waals surface area contributed by atoms with E-state index in [-0.39, 0.29) is 17.6 Å². The summed E-state index contributed by atoms with van der Waals surface area (Å²) >= 11 is 0. The molecule has 110 valence electrons. The third-order valence-electron chi connectivity index (χ3n) is 3.87. The molecule has 1 aromatic carbocycles. The van der Waals surface area contributed by atoms with Gasteiger partial charge in [-0.15, -0.1) is 0 Å². The number of ether oxygens (including phenoxy) is 1. The molecule has 0 bridgehead atoms.